The number of carbonyl (C=O) groups excluding carboxylic acids is 1. The molecule has 1 aliphatic heterocycles. The molecule has 0 bridgehead atoms. The number of carboxylic acids is 1. The molecule has 0 spiro atoms. The van der Waals surface area contributed by atoms with Gasteiger partial charge in [0.05, 0.1) is 24.2 Å². The molecular formula is C19H21NO5. The molecule has 0 aliphatic carbocycles. The summed E-state index contributed by atoms with van der Waals surface area (Å²) >= 11 is 0. The molecule has 0 fully saturated rings. The van der Waals surface area contributed by atoms with E-state index in [1.165, 1.54) is 7.11 Å². The zero-order chi connectivity index (χ0) is 18.7. The number of carbonyl (C=O) groups is 2. The quantitative estimate of drug-likeness (QED) is 0.629. The van der Waals surface area contributed by atoms with Crippen LogP contribution in [0.4, 0.5) is 0 Å². The van der Waals surface area contributed by atoms with Crippen LogP contribution in [0.25, 0.3) is 0 Å². The maximum absolute atomic E-state index is 12.0. The van der Waals surface area contributed by atoms with Crippen molar-refractivity contribution in [1.29, 1.82) is 5.26 Å². The number of nitriles is 1. The number of benzene rings is 1. The average molecular weight is 343 g/mol. The first-order valence-electron chi connectivity index (χ1n) is 7.99. The van der Waals surface area contributed by atoms with Crippen molar-refractivity contribution < 1.29 is 24.2 Å². The molecule has 1 unspecified atom stereocenters. The minimum atomic E-state index is -0.848. The zero-order valence-corrected chi connectivity index (χ0v) is 14.8. The van der Waals surface area contributed by atoms with Crippen LogP contribution in [-0.2, 0) is 22.6 Å². The number of carboxylic acid groups (broad SMARTS) is 1. The van der Waals surface area contributed by atoms with Gasteiger partial charge in [-0.05, 0) is 32.3 Å². The van der Waals surface area contributed by atoms with Crippen molar-refractivity contribution in [2.24, 2.45) is 5.92 Å². The molecule has 1 atom stereocenters. The maximum Gasteiger partial charge on any atom is 0.340 e. The monoisotopic (exact) mass is 343 g/mol. The Morgan fingerprint density at radius 1 is 1.52 bits per heavy atom. The van der Waals surface area contributed by atoms with E-state index in [2.05, 4.69) is 6.07 Å². The first-order chi connectivity index (χ1) is 11.8. The number of rotatable bonds is 6. The predicted octanol–water partition coefficient (Wildman–Crippen LogP) is 3.15. The third kappa shape index (κ3) is 3.50. The molecule has 0 radical (unpaired) electrons. The molecule has 1 heterocycles. The summed E-state index contributed by atoms with van der Waals surface area (Å²) in [5.41, 5.74) is 3.62. The number of ether oxygens (including phenoxy) is 2. The highest BCUT2D eigenvalue weighted by Gasteiger charge is 2.31. The molecule has 25 heavy (non-hydrogen) atoms. The number of cyclic esters (lactones) is 1. The second kappa shape index (κ2) is 7.39. The van der Waals surface area contributed by atoms with Gasteiger partial charge in [0.15, 0.2) is 0 Å². The van der Waals surface area contributed by atoms with Crippen molar-refractivity contribution in [1.82, 2.24) is 0 Å². The number of allylic oxidation sites excluding steroid dienone is 2. The lowest BCUT2D eigenvalue weighted by atomic mass is 9.90. The van der Waals surface area contributed by atoms with Crippen LogP contribution < -0.4 is 4.74 Å². The summed E-state index contributed by atoms with van der Waals surface area (Å²) in [5, 5.41) is 18.6. The molecule has 0 saturated carbocycles. The first kappa shape index (κ1) is 18.5. The van der Waals surface area contributed by atoms with Gasteiger partial charge in [-0.15, -0.1) is 0 Å². The van der Waals surface area contributed by atoms with Crippen molar-refractivity contribution in [3.05, 3.63) is 39.5 Å². The predicted molar refractivity (Wildman–Crippen MR) is 90.4 cm³/mol. The number of esters is 1. The SMILES string of the molecule is COc1c(C)c2c(c(C#N)c1C/C=C(\C)CC(C)C(=O)O)C(=O)OC2. The number of methoxy groups -OCH3 is 1. The molecule has 0 aromatic heterocycles. The van der Waals surface area contributed by atoms with Gasteiger partial charge in [-0.1, -0.05) is 18.6 Å². The van der Waals surface area contributed by atoms with Gasteiger partial charge < -0.3 is 14.6 Å². The Bertz CT molecular complexity index is 801. The van der Waals surface area contributed by atoms with E-state index in [9.17, 15) is 14.9 Å². The van der Waals surface area contributed by atoms with E-state index in [4.69, 9.17) is 14.6 Å². The zero-order valence-electron chi connectivity index (χ0n) is 14.8. The third-order valence-electron chi connectivity index (χ3n) is 4.49. The molecule has 1 aromatic carbocycles. The van der Waals surface area contributed by atoms with Crippen LogP contribution >= 0.6 is 0 Å². The van der Waals surface area contributed by atoms with E-state index in [1.54, 1.807) is 6.92 Å². The largest absolute Gasteiger partial charge is 0.496 e. The molecular weight excluding hydrogens is 322 g/mol. The Kier molecular flexibility index (Phi) is 5.48. The molecule has 2 rings (SSSR count). The summed E-state index contributed by atoms with van der Waals surface area (Å²) in [6, 6.07) is 2.11. The normalized spacial score (nSPS) is 14.5. The molecule has 1 N–H and O–H groups in total. The van der Waals surface area contributed by atoms with Crippen LogP contribution in [-0.4, -0.2) is 24.2 Å². The highest BCUT2D eigenvalue weighted by molar-refractivity contribution is 5.97. The van der Waals surface area contributed by atoms with Gasteiger partial charge in [0.1, 0.15) is 18.4 Å². The van der Waals surface area contributed by atoms with Gasteiger partial charge in [-0.3, -0.25) is 4.79 Å². The van der Waals surface area contributed by atoms with Crippen molar-refractivity contribution in [2.75, 3.05) is 7.11 Å². The van der Waals surface area contributed by atoms with Crippen LogP contribution in [0.3, 0.4) is 0 Å². The van der Waals surface area contributed by atoms with Gasteiger partial charge in [0.2, 0.25) is 0 Å². The third-order valence-corrected chi connectivity index (χ3v) is 4.49. The average Bonchev–Trinajstić information content (AvgIpc) is 2.95. The van der Waals surface area contributed by atoms with E-state index in [0.29, 0.717) is 35.3 Å². The summed E-state index contributed by atoms with van der Waals surface area (Å²) in [6.07, 6.45) is 2.68. The lowest BCUT2D eigenvalue weighted by molar-refractivity contribution is -0.141. The number of aliphatic carboxylic acids is 1. The second-order valence-electron chi connectivity index (χ2n) is 6.25. The summed E-state index contributed by atoms with van der Waals surface area (Å²) in [5.74, 6) is -1.24. The number of fused-ring (bicyclic) bond motifs is 1. The molecule has 1 aliphatic rings. The fraction of sp³-hybridized carbons (Fsp3) is 0.421. The Balaban J connectivity index is 2.46. The lowest BCUT2D eigenvalue weighted by Gasteiger charge is -2.16. The van der Waals surface area contributed by atoms with E-state index in [-0.39, 0.29) is 12.2 Å². The molecule has 0 amide bonds. The topological polar surface area (TPSA) is 96.6 Å². The Hall–Kier alpha value is -2.81. The van der Waals surface area contributed by atoms with Crippen molar-refractivity contribution >= 4 is 11.9 Å². The van der Waals surface area contributed by atoms with Crippen LogP contribution in [0.1, 0.15) is 52.9 Å². The summed E-state index contributed by atoms with van der Waals surface area (Å²) in [7, 11) is 1.53. The fourth-order valence-electron chi connectivity index (χ4n) is 3.11. The minimum absolute atomic E-state index is 0.149. The molecule has 6 heteroatoms. The smallest absolute Gasteiger partial charge is 0.340 e. The van der Waals surface area contributed by atoms with E-state index in [1.807, 2.05) is 19.9 Å². The number of hydrogen-bond acceptors (Lipinski definition) is 5. The van der Waals surface area contributed by atoms with Gasteiger partial charge >= 0.3 is 11.9 Å². The molecule has 1 aromatic rings. The van der Waals surface area contributed by atoms with Crippen molar-refractivity contribution in [3.8, 4) is 11.8 Å². The summed E-state index contributed by atoms with van der Waals surface area (Å²) < 4.78 is 10.6. The van der Waals surface area contributed by atoms with E-state index >= 15 is 0 Å². The van der Waals surface area contributed by atoms with Crippen molar-refractivity contribution in [3.63, 3.8) is 0 Å². The molecule has 132 valence electrons. The first-order valence-corrected chi connectivity index (χ1v) is 7.99. The molecule has 0 saturated heterocycles. The van der Waals surface area contributed by atoms with Gasteiger partial charge in [-0.25, -0.2) is 4.79 Å². The number of nitrogens with zero attached hydrogens (tertiary/aromatic N) is 1. The number of hydrogen-bond donors (Lipinski definition) is 1. The van der Waals surface area contributed by atoms with Crippen LogP contribution in [0, 0.1) is 24.2 Å². The van der Waals surface area contributed by atoms with E-state index < -0.39 is 17.9 Å². The fourth-order valence-corrected chi connectivity index (χ4v) is 3.11. The highest BCUT2D eigenvalue weighted by atomic mass is 16.5. The van der Waals surface area contributed by atoms with Crippen molar-refractivity contribution in [2.45, 2.75) is 40.2 Å². The standard InChI is InChI=1S/C19H21NO5/c1-10(7-11(2)18(21)22)5-6-13-14(8-20)16-15(9-25-19(16)23)12(3)17(13)24-4/h5,11H,6-7,9H2,1-4H3,(H,21,22)/b10-5+. The van der Waals surface area contributed by atoms with Crippen LogP contribution in [0.5, 0.6) is 5.75 Å². The van der Waals surface area contributed by atoms with Crippen LogP contribution in [0.15, 0.2) is 11.6 Å². The lowest BCUT2D eigenvalue weighted by Crippen LogP contribution is -2.10. The van der Waals surface area contributed by atoms with E-state index in [0.717, 1.165) is 11.1 Å². The second-order valence-corrected chi connectivity index (χ2v) is 6.25. The highest BCUT2D eigenvalue weighted by Crippen LogP contribution is 2.37. The molecule has 6 nitrogen and oxygen atoms in total. The Morgan fingerprint density at radius 2 is 2.20 bits per heavy atom. The van der Waals surface area contributed by atoms with Gasteiger partial charge in [0.25, 0.3) is 0 Å². The van der Waals surface area contributed by atoms with Gasteiger partial charge in [-0.2, -0.15) is 5.26 Å². The van der Waals surface area contributed by atoms with Gasteiger partial charge in [0, 0.05) is 11.1 Å². The Morgan fingerprint density at radius 3 is 2.76 bits per heavy atom. The van der Waals surface area contributed by atoms with Crippen LogP contribution in [0.2, 0.25) is 0 Å². The summed E-state index contributed by atoms with van der Waals surface area (Å²) in [4.78, 5) is 23.0. The minimum Gasteiger partial charge on any atom is -0.496 e. The Labute approximate surface area is 146 Å². The summed E-state index contributed by atoms with van der Waals surface area (Å²) in [6.45, 7) is 5.49. The maximum atomic E-state index is 12.0.